The Balaban J connectivity index is 2.51. The standard InChI is InChI=1S/C18H35N3O/c1-4-7-9-11-16(6-3)21-14-13-20-18(22)17(15-21)19-12-10-8-5-2/h6,16-17,19H,3-5,7-15H2,1-2H3,(H,20,22). The van der Waals surface area contributed by atoms with Gasteiger partial charge in [0.25, 0.3) is 0 Å². The first kappa shape index (κ1) is 19.2. The van der Waals surface area contributed by atoms with Crippen LogP contribution in [0.5, 0.6) is 0 Å². The van der Waals surface area contributed by atoms with Crippen molar-refractivity contribution in [1.82, 2.24) is 15.5 Å². The van der Waals surface area contributed by atoms with Crippen LogP contribution in [-0.2, 0) is 4.79 Å². The maximum absolute atomic E-state index is 12.2. The highest BCUT2D eigenvalue weighted by molar-refractivity contribution is 5.82. The van der Waals surface area contributed by atoms with Crippen LogP contribution in [0.2, 0.25) is 0 Å². The highest BCUT2D eigenvalue weighted by atomic mass is 16.2. The van der Waals surface area contributed by atoms with Gasteiger partial charge in [-0.1, -0.05) is 52.0 Å². The molecule has 4 heteroatoms. The second-order valence-corrected chi connectivity index (χ2v) is 6.30. The molecule has 1 aliphatic rings. The molecule has 128 valence electrons. The Morgan fingerprint density at radius 3 is 2.73 bits per heavy atom. The van der Waals surface area contributed by atoms with Gasteiger partial charge in [-0.15, -0.1) is 6.58 Å². The lowest BCUT2D eigenvalue weighted by molar-refractivity contribution is -0.122. The molecule has 2 N–H and O–H groups in total. The first-order chi connectivity index (χ1) is 10.7. The highest BCUT2D eigenvalue weighted by Gasteiger charge is 2.27. The molecule has 1 amide bonds. The van der Waals surface area contributed by atoms with E-state index in [2.05, 4.69) is 42.0 Å². The summed E-state index contributed by atoms with van der Waals surface area (Å²) < 4.78 is 0. The van der Waals surface area contributed by atoms with E-state index in [0.29, 0.717) is 6.04 Å². The molecule has 1 fully saturated rings. The average molecular weight is 309 g/mol. The van der Waals surface area contributed by atoms with Crippen LogP contribution in [0.3, 0.4) is 0 Å². The SMILES string of the molecule is C=CC(CCCCC)N1CCNC(=O)C(NCCCCC)C1. The summed E-state index contributed by atoms with van der Waals surface area (Å²) in [5.41, 5.74) is 0. The topological polar surface area (TPSA) is 44.4 Å². The number of hydrogen-bond donors (Lipinski definition) is 2. The summed E-state index contributed by atoms with van der Waals surface area (Å²) in [7, 11) is 0. The molecule has 0 aromatic heterocycles. The quantitative estimate of drug-likeness (QED) is 0.455. The van der Waals surface area contributed by atoms with Crippen LogP contribution in [0.15, 0.2) is 12.7 Å². The van der Waals surface area contributed by atoms with E-state index in [1.54, 1.807) is 0 Å². The Morgan fingerprint density at radius 1 is 1.32 bits per heavy atom. The van der Waals surface area contributed by atoms with Crippen LogP contribution in [0.25, 0.3) is 0 Å². The van der Waals surface area contributed by atoms with E-state index in [9.17, 15) is 4.79 Å². The minimum absolute atomic E-state index is 0.0898. The lowest BCUT2D eigenvalue weighted by Gasteiger charge is -2.30. The molecule has 1 saturated heterocycles. The van der Waals surface area contributed by atoms with Gasteiger partial charge in [0, 0.05) is 25.7 Å². The first-order valence-corrected chi connectivity index (χ1v) is 9.10. The maximum Gasteiger partial charge on any atom is 0.238 e. The number of carbonyl (C=O) groups excluding carboxylic acids is 1. The third-order valence-corrected chi connectivity index (χ3v) is 4.45. The van der Waals surface area contributed by atoms with E-state index in [-0.39, 0.29) is 11.9 Å². The number of nitrogens with one attached hydrogen (secondary N) is 2. The van der Waals surface area contributed by atoms with Gasteiger partial charge in [0.2, 0.25) is 5.91 Å². The summed E-state index contributed by atoms with van der Waals surface area (Å²) >= 11 is 0. The largest absolute Gasteiger partial charge is 0.353 e. The minimum Gasteiger partial charge on any atom is -0.353 e. The molecule has 1 aliphatic heterocycles. The van der Waals surface area contributed by atoms with Crippen molar-refractivity contribution < 1.29 is 4.79 Å². The van der Waals surface area contributed by atoms with E-state index in [4.69, 9.17) is 0 Å². The molecule has 2 unspecified atom stereocenters. The summed E-state index contributed by atoms with van der Waals surface area (Å²) in [6.45, 7) is 11.8. The van der Waals surface area contributed by atoms with Gasteiger partial charge in [0.15, 0.2) is 0 Å². The van der Waals surface area contributed by atoms with Gasteiger partial charge in [-0.25, -0.2) is 0 Å². The third kappa shape index (κ3) is 6.93. The Bertz CT molecular complexity index is 319. The number of unbranched alkanes of at least 4 members (excludes halogenated alkanes) is 4. The molecule has 0 saturated carbocycles. The normalized spacial score (nSPS) is 21.2. The van der Waals surface area contributed by atoms with Gasteiger partial charge in [0.1, 0.15) is 0 Å². The Kier molecular flexibility index (Phi) is 10.2. The highest BCUT2D eigenvalue weighted by Crippen LogP contribution is 2.13. The summed E-state index contributed by atoms with van der Waals surface area (Å²) in [5, 5.41) is 6.47. The van der Waals surface area contributed by atoms with Gasteiger partial charge in [-0.3, -0.25) is 9.69 Å². The van der Waals surface area contributed by atoms with Crippen molar-refractivity contribution >= 4 is 5.91 Å². The first-order valence-electron chi connectivity index (χ1n) is 9.10. The van der Waals surface area contributed by atoms with Gasteiger partial charge in [0.05, 0.1) is 6.04 Å². The van der Waals surface area contributed by atoms with Crippen molar-refractivity contribution in [2.75, 3.05) is 26.2 Å². The lowest BCUT2D eigenvalue weighted by Crippen LogP contribution is -2.49. The zero-order valence-electron chi connectivity index (χ0n) is 14.6. The molecule has 1 rings (SSSR count). The second kappa shape index (κ2) is 11.7. The monoisotopic (exact) mass is 309 g/mol. The fourth-order valence-corrected chi connectivity index (χ4v) is 3.02. The maximum atomic E-state index is 12.2. The fourth-order valence-electron chi connectivity index (χ4n) is 3.02. The molecule has 22 heavy (non-hydrogen) atoms. The second-order valence-electron chi connectivity index (χ2n) is 6.30. The number of rotatable bonds is 11. The molecule has 0 aromatic rings. The summed E-state index contributed by atoms with van der Waals surface area (Å²) in [5.74, 6) is 0.148. The van der Waals surface area contributed by atoms with Crippen molar-refractivity contribution in [3.8, 4) is 0 Å². The number of nitrogens with zero attached hydrogens (tertiary/aromatic N) is 1. The fraction of sp³-hybridized carbons (Fsp3) is 0.833. The van der Waals surface area contributed by atoms with Gasteiger partial charge in [-0.2, -0.15) is 0 Å². The number of carbonyl (C=O) groups is 1. The predicted molar refractivity (Wildman–Crippen MR) is 94.0 cm³/mol. The van der Waals surface area contributed by atoms with Crippen molar-refractivity contribution in [2.24, 2.45) is 0 Å². The Labute approximate surface area is 136 Å². The van der Waals surface area contributed by atoms with E-state index in [1.165, 1.54) is 32.1 Å². The lowest BCUT2D eigenvalue weighted by atomic mass is 10.1. The number of amides is 1. The summed E-state index contributed by atoms with van der Waals surface area (Å²) in [6.07, 6.45) is 10.5. The Morgan fingerprint density at radius 2 is 2.05 bits per heavy atom. The summed E-state index contributed by atoms with van der Waals surface area (Å²) in [6, 6.07) is 0.298. The van der Waals surface area contributed by atoms with Gasteiger partial charge < -0.3 is 10.6 Å². The molecular formula is C18H35N3O. The van der Waals surface area contributed by atoms with E-state index in [0.717, 1.165) is 39.0 Å². The molecule has 0 bridgehead atoms. The smallest absolute Gasteiger partial charge is 0.238 e. The van der Waals surface area contributed by atoms with Gasteiger partial charge >= 0.3 is 0 Å². The molecule has 1 heterocycles. The molecular weight excluding hydrogens is 274 g/mol. The minimum atomic E-state index is -0.0898. The van der Waals surface area contributed by atoms with Crippen LogP contribution in [-0.4, -0.2) is 49.1 Å². The molecule has 0 spiro atoms. The van der Waals surface area contributed by atoms with Crippen LogP contribution in [0.4, 0.5) is 0 Å². The van der Waals surface area contributed by atoms with Crippen LogP contribution in [0, 0.1) is 0 Å². The number of hydrogen-bond acceptors (Lipinski definition) is 3. The predicted octanol–water partition coefficient (Wildman–Crippen LogP) is 2.70. The van der Waals surface area contributed by atoms with E-state index in [1.807, 2.05) is 0 Å². The molecule has 0 radical (unpaired) electrons. The average Bonchev–Trinajstić information content (AvgIpc) is 2.70. The molecule has 4 nitrogen and oxygen atoms in total. The third-order valence-electron chi connectivity index (χ3n) is 4.45. The van der Waals surface area contributed by atoms with Crippen LogP contribution >= 0.6 is 0 Å². The zero-order valence-corrected chi connectivity index (χ0v) is 14.6. The van der Waals surface area contributed by atoms with Crippen LogP contribution < -0.4 is 10.6 Å². The summed E-state index contributed by atoms with van der Waals surface area (Å²) in [4.78, 5) is 14.6. The zero-order chi connectivity index (χ0) is 16.2. The van der Waals surface area contributed by atoms with E-state index >= 15 is 0 Å². The van der Waals surface area contributed by atoms with Crippen molar-refractivity contribution in [3.63, 3.8) is 0 Å². The van der Waals surface area contributed by atoms with Crippen molar-refractivity contribution in [2.45, 2.75) is 70.9 Å². The van der Waals surface area contributed by atoms with Crippen molar-refractivity contribution in [3.05, 3.63) is 12.7 Å². The van der Waals surface area contributed by atoms with Crippen LogP contribution in [0.1, 0.15) is 58.8 Å². The molecule has 2 atom stereocenters. The van der Waals surface area contributed by atoms with Crippen molar-refractivity contribution in [1.29, 1.82) is 0 Å². The van der Waals surface area contributed by atoms with E-state index < -0.39 is 0 Å². The molecule has 0 aromatic carbocycles. The van der Waals surface area contributed by atoms with Gasteiger partial charge in [-0.05, 0) is 19.4 Å². The molecule has 0 aliphatic carbocycles. The Hall–Kier alpha value is -0.870.